The second kappa shape index (κ2) is 15.2. The highest BCUT2D eigenvalue weighted by Crippen LogP contribution is 2.28. The number of benzene rings is 3. The molecule has 0 heterocycles. The highest BCUT2D eigenvalue weighted by Gasteiger charge is 2.36. The Kier molecular flexibility index (Phi) is 11.6. The first-order valence-electron chi connectivity index (χ1n) is 14.5. The number of hydrogen-bond donors (Lipinski definition) is 1. The normalized spacial score (nSPS) is 14.7. The second-order valence-electron chi connectivity index (χ2n) is 11.0. The van der Waals surface area contributed by atoms with Crippen molar-refractivity contribution in [1.29, 1.82) is 0 Å². The summed E-state index contributed by atoms with van der Waals surface area (Å²) in [5.41, 5.74) is 1.34. The third kappa shape index (κ3) is 8.50. The van der Waals surface area contributed by atoms with Crippen molar-refractivity contribution in [3.05, 3.63) is 99.8 Å². The van der Waals surface area contributed by atoms with Crippen molar-refractivity contribution in [2.24, 2.45) is 0 Å². The lowest BCUT2D eigenvalue weighted by Gasteiger charge is -2.35. The molecular formula is C32H37Cl2FN4O4S. The van der Waals surface area contributed by atoms with Gasteiger partial charge in [-0.05, 0) is 54.8 Å². The lowest BCUT2D eigenvalue weighted by molar-refractivity contribution is -0.140. The fraction of sp³-hybridized carbons (Fsp3) is 0.375. The monoisotopic (exact) mass is 662 g/mol. The van der Waals surface area contributed by atoms with Gasteiger partial charge >= 0.3 is 10.2 Å². The van der Waals surface area contributed by atoms with Gasteiger partial charge in [0.15, 0.2) is 0 Å². The maximum atomic E-state index is 14.4. The summed E-state index contributed by atoms with van der Waals surface area (Å²) in [5, 5.41) is 3.76. The third-order valence-corrected chi connectivity index (χ3v) is 10.3. The Morgan fingerprint density at radius 2 is 1.52 bits per heavy atom. The van der Waals surface area contributed by atoms with Crippen LogP contribution in [0.5, 0.6) is 0 Å². The maximum Gasteiger partial charge on any atom is 0.304 e. The molecular weight excluding hydrogens is 626 g/mol. The van der Waals surface area contributed by atoms with E-state index < -0.39 is 34.5 Å². The molecule has 1 fully saturated rings. The number of hydrogen-bond acceptors (Lipinski definition) is 4. The SMILES string of the molecule is CN(C)S(=O)(=O)N(CC(=O)N(Cc1c(Cl)cccc1Cl)[C@H](Cc1ccccc1)C(=O)NC1CCCCC1)c1ccc(F)cc1. The number of halogens is 3. The quantitative estimate of drug-likeness (QED) is 0.264. The molecule has 8 nitrogen and oxygen atoms in total. The van der Waals surface area contributed by atoms with Crippen LogP contribution < -0.4 is 9.62 Å². The minimum absolute atomic E-state index is 0.0276. The van der Waals surface area contributed by atoms with Gasteiger partial charge in [-0.15, -0.1) is 0 Å². The van der Waals surface area contributed by atoms with Gasteiger partial charge in [0, 0.05) is 48.7 Å². The maximum absolute atomic E-state index is 14.4. The smallest absolute Gasteiger partial charge is 0.304 e. The fourth-order valence-corrected chi connectivity index (χ4v) is 6.85. The minimum atomic E-state index is -4.21. The topological polar surface area (TPSA) is 90.0 Å². The average Bonchev–Trinajstić information content (AvgIpc) is 3.00. The molecule has 0 unspecified atom stereocenters. The molecule has 3 aromatic carbocycles. The predicted octanol–water partition coefficient (Wildman–Crippen LogP) is 5.83. The van der Waals surface area contributed by atoms with Crippen LogP contribution in [0.15, 0.2) is 72.8 Å². The summed E-state index contributed by atoms with van der Waals surface area (Å²) in [6, 6.07) is 18.0. The molecule has 1 aliphatic carbocycles. The summed E-state index contributed by atoms with van der Waals surface area (Å²) in [7, 11) is -1.52. The first-order valence-corrected chi connectivity index (χ1v) is 16.6. The Balaban J connectivity index is 1.78. The van der Waals surface area contributed by atoms with Gasteiger partial charge in [-0.3, -0.25) is 9.59 Å². The summed E-state index contributed by atoms with van der Waals surface area (Å²) in [5.74, 6) is -1.56. The highest BCUT2D eigenvalue weighted by molar-refractivity contribution is 7.90. The number of nitrogens with zero attached hydrogens (tertiary/aromatic N) is 3. The molecule has 0 aromatic heterocycles. The number of rotatable bonds is 12. The molecule has 0 radical (unpaired) electrons. The van der Waals surface area contributed by atoms with Gasteiger partial charge in [0.1, 0.15) is 18.4 Å². The van der Waals surface area contributed by atoms with Gasteiger partial charge < -0.3 is 10.2 Å². The number of anilines is 1. The molecule has 1 atom stereocenters. The van der Waals surface area contributed by atoms with E-state index in [4.69, 9.17) is 23.2 Å². The van der Waals surface area contributed by atoms with Crippen molar-refractivity contribution in [2.45, 2.75) is 57.2 Å². The van der Waals surface area contributed by atoms with Crippen molar-refractivity contribution < 1.29 is 22.4 Å². The van der Waals surface area contributed by atoms with E-state index >= 15 is 0 Å². The van der Waals surface area contributed by atoms with E-state index in [0.717, 1.165) is 58.4 Å². The zero-order valence-corrected chi connectivity index (χ0v) is 27.1. The van der Waals surface area contributed by atoms with Crippen molar-refractivity contribution >= 4 is 50.9 Å². The Labute approximate surface area is 268 Å². The van der Waals surface area contributed by atoms with Crippen molar-refractivity contribution in [1.82, 2.24) is 14.5 Å². The van der Waals surface area contributed by atoms with Crippen LogP contribution in [0.4, 0.5) is 10.1 Å². The van der Waals surface area contributed by atoms with E-state index in [9.17, 15) is 22.4 Å². The molecule has 3 aromatic rings. The van der Waals surface area contributed by atoms with Gasteiger partial charge in [0.25, 0.3) is 0 Å². The van der Waals surface area contributed by atoms with Crippen LogP contribution >= 0.6 is 23.2 Å². The van der Waals surface area contributed by atoms with Crippen LogP contribution in [0.3, 0.4) is 0 Å². The lowest BCUT2D eigenvalue weighted by Crippen LogP contribution is -2.55. The molecule has 4 rings (SSSR count). The third-order valence-electron chi connectivity index (χ3n) is 7.75. The first kappa shape index (κ1) is 33.7. The molecule has 44 heavy (non-hydrogen) atoms. The molecule has 12 heteroatoms. The Morgan fingerprint density at radius 1 is 0.909 bits per heavy atom. The zero-order valence-electron chi connectivity index (χ0n) is 24.8. The van der Waals surface area contributed by atoms with Gasteiger partial charge in [-0.1, -0.05) is 78.9 Å². The minimum Gasteiger partial charge on any atom is -0.352 e. The molecule has 1 aliphatic rings. The largest absolute Gasteiger partial charge is 0.352 e. The average molecular weight is 664 g/mol. The van der Waals surface area contributed by atoms with Crippen molar-refractivity contribution in [2.75, 3.05) is 24.9 Å². The molecule has 0 saturated heterocycles. The van der Waals surface area contributed by atoms with E-state index in [1.54, 1.807) is 18.2 Å². The van der Waals surface area contributed by atoms with E-state index in [0.29, 0.717) is 15.6 Å². The van der Waals surface area contributed by atoms with Crippen LogP contribution in [0, 0.1) is 5.82 Å². The molecule has 0 spiro atoms. The van der Waals surface area contributed by atoms with E-state index in [2.05, 4.69) is 5.32 Å². The second-order valence-corrected chi connectivity index (χ2v) is 13.9. The molecule has 0 aliphatic heterocycles. The van der Waals surface area contributed by atoms with Gasteiger partial charge in [-0.25, -0.2) is 8.70 Å². The summed E-state index contributed by atoms with van der Waals surface area (Å²) >= 11 is 13.1. The summed E-state index contributed by atoms with van der Waals surface area (Å²) in [6.45, 7) is -0.803. The molecule has 1 saturated carbocycles. The summed E-state index contributed by atoms with van der Waals surface area (Å²) in [4.78, 5) is 29.8. The van der Waals surface area contributed by atoms with Gasteiger partial charge in [0.05, 0.1) is 5.69 Å². The number of amides is 2. The zero-order chi connectivity index (χ0) is 31.9. The van der Waals surface area contributed by atoms with E-state index in [-0.39, 0.29) is 30.6 Å². The standard InChI is InChI=1S/C32H37Cl2FN4O4S/c1-37(2)44(42,43)39(26-18-16-24(35)17-19-26)22-31(40)38(21-27-28(33)14-9-15-29(27)34)30(20-23-10-5-3-6-11-23)32(41)36-25-12-7-4-8-13-25/h3,5-6,9-11,14-19,25,30H,4,7-8,12-13,20-22H2,1-2H3,(H,36,41)/t30-/m1/s1. The molecule has 1 N–H and O–H groups in total. The van der Waals surface area contributed by atoms with Crippen molar-refractivity contribution in [3.63, 3.8) is 0 Å². The van der Waals surface area contributed by atoms with Crippen LogP contribution in [-0.4, -0.2) is 62.2 Å². The van der Waals surface area contributed by atoms with Crippen LogP contribution in [-0.2, 0) is 32.8 Å². The van der Waals surface area contributed by atoms with Crippen LogP contribution in [0.1, 0.15) is 43.2 Å². The Morgan fingerprint density at radius 3 is 2.11 bits per heavy atom. The van der Waals surface area contributed by atoms with Crippen molar-refractivity contribution in [3.8, 4) is 0 Å². The summed E-state index contributed by atoms with van der Waals surface area (Å²) < 4.78 is 42.6. The highest BCUT2D eigenvalue weighted by atomic mass is 35.5. The van der Waals surface area contributed by atoms with Crippen LogP contribution in [0.2, 0.25) is 10.0 Å². The number of carbonyl (C=O) groups excluding carboxylic acids is 2. The van der Waals surface area contributed by atoms with E-state index in [1.807, 2.05) is 30.3 Å². The Hall–Kier alpha value is -3.18. The van der Waals surface area contributed by atoms with Gasteiger partial charge in [-0.2, -0.15) is 12.7 Å². The number of carbonyl (C=O) groups is 2. The molecule has 0 bridgehead atoms. The molecule has 236 valence electrons. The number of nitrogens with one attached hydrogen (secondary N) is 1. The molecule has 2 amide bonds. The Bertz CT molecular complexity index is 1520. The van der Waals surface area contributed by atoms with Crippen LogP contribution in [0.25, 0.3) is 0 Å². The summed E-state index contributed by atoms with van der Waals surface area (Å²) in [6.07, 6.45) is 4.96. The van der Waals surface area contributed by atoms with E-state index in [1.165, 1.54) is 31.1 Å². The lowest BCUT2D eigenvalue weighted by atomic mass is 9.94. The van der Waals surface area contributed by atoms with Gasteiger partial charge in [0.2, 0.25) is 11.8 Å². The first-order chi connectivity index (χ1) is 21.0. The predicted molar refractivity (Wildman–Crippen MR) is 172 cm³/mol. The fourth-order valence-electron chi connectivity index (χ4n) is 5.28.